The number of rotatable bonds is 7. The summed E-state index contributed by atoms with van der Waals surface area (Å²) in [4.78, 5) is 28.5. The monoisotopic (exact) mass is 486 g/mol. The number of Topliss-reactive ketones (excluding diaryl/α,β-unsaturated/α-hetero) is 1. The van der Waals surface area contributed by atoms with Gasteiger partial charge in [-0.2, -0.15) is 0 Å². The Hall–Kier alpha value is -2.64. The van der Waals surface area contributed by atoms with Crippen molar-refractivity contribution in [1.29, 1.82) is 0 Å². The van der Waals surface area contributed by atoms with Crippen LogP contribution in [0.1, 0.15) is 31.0 Å². The van der Waals surface area contributed by atoms with Crippen LogP contribution in [0.3, 0.4) is 0 Å². The van der Waals surface area contributed by atoms with Crippen LogP contribution in [0, 0.1) is 0 Å². The van der Waals surface area contributed by atoms with Crippen molar-refractivity contribution in [3.63, 3.8) is 0 Å². The van der Waals surface area contributed by atoms with Crippen LogP contribution in [0.2, 0.25) is 0 Å². The fourth-order valence-corrected chi connectivity index (χ4v) is 4.00. The molecule has 0 aliphatic carbocycles. The summed E-state index contributed by atoms with van der Waals surface area (Å²) in [5.41, 5.74) is 1.08. The van der Waals surface area contributed by atoms with E-state index in [0.29, 0.717) is 24.4 Å². The third-order valence-electron chi connectivity index (χ3n) is 5.03. The number of ketones is 1. The summed E-state index contributed by atoms with van der Waals surface area (Å²) in [6, 6.07) is 13.4. The lowest BCUT2D eigenvalue weighted by Gasteiger charge is -2.28. The maximum atomic E-state index is 13.4. The molecule has 7 heteroatoms. The molecule has 1 amide bonds. The van der Waals surface area contributed by atoms with Gasteiger partial charge in [0.1, 0.15) is 5.75 Å². The van der Waals surface area contributed by atoms with Crippen LogP contribution in [-0.4, -0.2) is 49.9 Å². The molecule has 1 aliphatic heterocycles. The summed E-state index contributed by atoms with van der Waals surface area (Å²) < 4.78 is 6.45. The third kappa shape index (κ3) is 5.17. The zero-order chi connectivity index (χ0) is 22.7. The van der Waals surface area contributed by atoms with Crippen molar-refractivity contribution in [2.75, 3.05) is 27.2 Å². The maximum absolute atomic E-state index is 13.4. The first kappa shape index (κ1) is 23.0. The van der Waals surface area contributed by atoms with Crippen LogP contribution < -0.4 is 14.7 Å². The molecule has 0 radical (unpaired) electrons. The van der Waals surface area contributed by atoms with E-state index in [2.05, 4.69) is 15.9 Å². The molecule has 1 atom stereocenters. The first-order chi connectivity index (χ1) is 14.7. The van der Waals surface area contributed by atoms with E-state index in [1.54, 1.807) is 24.3 Å². The largest absolute Gasteiger partial charge is 0.872 e. The van der Waals surface area contributed by atoms with Gasteiger partial charge < -0.3 is 19.6 Å². The average Bonchev–Trinajstić information content (AvgIpc) is 2.96. The van der Waals surface area contributed by atoms with Gasteiger partial charge >= 0.3 is 0 Å². The van der Waals surface area contributed by atoms with E-state index in [9.17, 15) is 14.7 Å². The zero-order valence-electron chi connectivity index (χ0n) is 18.1. The van der Waals surface area contributed by atoms with Crippen molar-refractivity contribution in [2.24, 2.45) is 0 Å². The molecule has 0 spiro atoms. The van der Waals surface area contributed by atoms with E-state index in [1.165, 1.54) is 4.90 Å². The Kier molecular flexibility index (Phi) is 7.18. The summed E-state index contributed by atoms with van der Waals surface area (Å²) in [5, 5.41) is 13.4. The molecule has 1 unspecified atom stereocenters. The summed E-state index contributed by atoms with van der Waals surface area (Å²) in [6.45, 7) is 4.88. The number of amides is 1. The highest BCUT2D eigenvalue weighted by Crippen LogP contribution is 2.39. The second kappa shape index (κ2) is 9.66. The highest BCUT2D eigenvalue weighted by molar-refractivity contribution is 9.10. The Balaban J connectivity index is 2.08. The van der Waals surface area contributed by atoms with Gasteiger partial charge in [-0.15, -0.1) is 0 Å². The number of likely N-dealkylation sites (tertiary alicyclic amines) is 1. The van der Waals surface area contributed by atoms with Gasteiger partial charge in [-0.3, -0.25) is 9.59 Å². The fourth-order valence-electron chi connectivity index (χ4n) is 3.58. The number of likely N-dealkylation sites (N-methyl/N-ethyl adjacent to an activating group) is 1. The van der Waals surface area contributed by atoms with Gasteiger partial charge in [-0.05, 0) is 49.2 Å². The first-order valence-corrected chi connectivity index (χ1v) is 11.1. The number of ether oxygens (including phenoxy) is 1. The molecule has 6 nitrogen and oxygen atoms in total. The van der Waals surface area contributed by atoms with Gasteiger partial charge in [-0.1, -0.05) is 46.0 Å². The molecule has 1 saturated heterocycles. The Morgan fingerprint density at radius 1 is 1.16 bits per heavy atom. The second-order valence-electron chi connectivity index (χ2n) is 8.18. The molecule has 31 heavy (non-hydrogen) atoms. The number of benzene rings is 2. The molecule has 3 rings (SSSR count). The average molecular weight is 487 g/mol. The molecule has 1 heterocycles. The molecular formula is C24H27BrN2O4. The third-order valence-corrected chi connectivity index (χ3v) is 5.53. The van der Waals surface area contributed by atoms with E-state index in [4.69, 9.17) is 4.74 Å². The SMILES string of the molecule is CC(C)Oc1ccc(/C([O-])=C2\C(=O)C(=O)N(CC[NH+](C)C)C2c2cccc(Br)c2)cc1. The van der Waals surface area contributed by atoms with Gasteiger partial charge in [0.2, 0.25) is 5.78 Å². The van der Waals surface area contributed by atoms with Crippen LogP contribution >= 0.6 is 15.9 Å². The topological polar surface area (TPSA) is 74.1 Å². The first-order valence-electron chi connectivity index (χ1n) is 10.3. The van der Waals surface area contributed by atoms with E-state index in [1.807, 2.05) is 52.2 Å². The van der Waals surface area contributed by atoms with Gasteiger partial charge in [0.25, 0.3) is 5.91 Å². The van der Waals surface area contributed by atoms with Crippen LogP contribution in [0.4, 0.5) is 0 Å². The lowest BCUT2D eigenvalue weighted by atomic mass is 9.95. The standard InChI is InChI=1S/C24H27BrN2O4/c1-15(2)31-19-10-8-16(9-11-19)22(28)20-21(17-6-5-7-18(25)14-17)27(13-12-26(3)4)24(30)23(20)29/h5-11,14-15,21,28H,12-13H2,1-4H3/b22-20+. The summed E-state index contributed by atoms with van der Waals surface area (Å²) >= 11 is 3.45. The normalized spacial score (nSPS) is 18.3. The number of hydrogen-bond donors (Lipinski definition) is 1. The number of nitrogens with one attached hydrogen (secondary N) is 1. The van der Waals surface area contributed by atoms with Crippen LogP contribution in [0.15, 0.2) is 58.6 Å². The Morgan fingerprint density at radius 3 is 2.42 bits per heavy atom. The van der Waals surface area contributed by atoms with Crippen molar-refractivity contribution >= 4 is 33.4 Å². The van der Waals surface area contributed by atoms with Crippen molar-refractivity contribution in [3.05, 3.63) is 69.7 Å². The van der Waals surface area contributed by atoms with Crippen molar-refractivity contribution in [1.82, 2.24) is 4.90 Å². The van der Waals surface area contributed by atoms with E-state index in [-0.39, 0.29) is 11.7 Å². The van der Waals surface area contributed by atoms with Crippen LogP contribution in [-0.2, 0) is 9.59 Å². The fraction of sp³-hybridized carbons (Fsp3) is 0.333. The highest BCUT2D eigenvalue weighted by atomic mass is 79.9. The van der Waals surface area contributed by atoms with Crippen molar-refractivity contribution in [2.45, 2.75) is 26.0 Å². The minimum atomic E-state index is -0.730. The molecule has 2 aromatic carbocycles. The molecule has 2 aromatic rings. The summed E-state index contributed by atoms with van der Waals surface area (Å²) in [6.07, 6.45) is 0.0123. The number of hydrogen-bond acceptors (Lipinski definition) is 4. The number of nitrogens with zero attached hydrogens (tertiary/aromatic N) is 1. The van der Waals surface area contributed by atoms with Gasteiger partial charge in [0.05, 0.1) is 39.3 Å². The Bertz CT molecular complexity index is 999. The molecule has 1 fully saturated rings. The number of quaternary nitrogens is 1. The molecule has 0 saturated carbocycles. The van der Waals surface area contributed by atoms with E-state index < -0.39 is 23.5 Å². The van der Waals surface area contributed by atoms with Crippen molar-refractivity contribution < 1.29 is 24.3 Å². The zero-order valence-corrected chi connectivity index (χ0v) is 19.7. The maximum Gasteiger partial charge on any atom is 0.295 e. The van der Waals surface area contributed by atoms with Gasteiger partial charge in [0, 0.05) is 10.0 Å². The molecule has 1 N–H and O–H groups in total. The van der Waals surface area contributed by atoms with Crippen LogP contribution in [0.5, 0.6) is 5.75 Å². The minimum Gasteiger partial charge on any atom is -0.872 e. The smallest absolute Gasteiger partial charge is 0.295 e. The minimum absolute atomic E-state index is 0.00520. The highest BCUT2D eigenvalue weighted by Gasteiger charge is 2.44. The molecule has 0 bridgehead atoms. The molecule has 164 valence electrons. The molecular weight excluding hydrogens is 460 g/mol. The number of carbonyl (C=O) groups excluding carboxylic acids is 2. The molecule has 0 aromatic heterocycles. The van der Waals surface area contributed by atoms with Gasteiger partial charge in [0.15, 0.2) is 0 Å². The van der Waals surface area contributed by atoms with Crippen molar-refractivity contribution in [3.8, 4) is 5.75 Å². The van der Waals surface area contributed by atoms with E-state index in [0.717, 1.165) is 14.9 Å². The van der Waals surface area contributed by atoms with Gasteiger partial charge in [-0.25, -0.2) is 0 Å². The predicted molar refractivity (Wildman–Crippen MR) is 120 cm³/mol. The summed E-state index contributed by atoms with van der Waals surface area (Å²) in [5.74, 6) is -1.15. The Morgan fingerprint density at radius 2 is 1.84 bits per heavy atom. The lowest BCUT2D eigenvalue weighted by Crippen LogP contribution is -3.06. The lowest BCUT2D eigenvalue weighted by molar-refractivity contribution is -0.857. The Labute approximate surface area is 191 Å². The second-order valence-corrected chi connectivity index (χ2v) is 9.09. The van der Waals surface area contributed by atoms with Crippen LogP contribution in [0.25, 0.3) is 5.76 Å². The quantitative estimate of drug-likeness (QED) is 0.366. The predicted octanol–water partition coefficient (Wildman–Crippen LogP) is 1.60. The number of carbonyl (C=O) groups is 2. The molecule has 1 aliphatic rings. The number of halogens is 1. The van der Waals surface area contributed by atoms with E-state index >= 15 is 0 Å². The summed E-state index contributed by atoms with van der Waals surface area (Å²) in [7, 11) is 3.96.